The fraction of sp³-hybridized carbons (Fsp3) is 0.909. The summed E-state index contributed by atoms with van der Waals surface area (Å²) >= 11 is 0. The molecule has 0 rings (SSSR count). The molecule has 0 saturated carbocycles. The maximum Gasteiger partial charge on any atom is 0.245 e. The molecule has 4 nitrogen and oxygen atoms in total. The Morgan fingerprint density at radius 1 is 1.13 bits per heavy atom. The lowest BCUT2D eigenvalue weighted by atomic mass is 10.1. The van der Waals surface area contributed by atoms with Crippen molar-refractivity contribution in [3.8, 4) is 0 Å². The Balaban J connectivity index is 3.16. The summed E-state index contributed by atoms with van der Waals surface area (Å²) in [5.41, 5.74) is 0.186. The number of carbonyl (C=O) groups is 1. The first-order valence-electron chi connectivity index (χ1n) is 5.58. The van der Waals surface area contributed by atoms with Gasteiger partial charge < -0.3 is 15.7 Å². The van der Waals surface area contributed by atoms with Crippen LogP contribution >= 0.6 is 0 Å². The van der Waals surface area contributed by atoms with Crippen LogP contribution in [0.5, 0.6) is 0 Å². The van der Waals surface area contributed by atoms with Crippen LogP contribution in [0.1, 0.15) is 40.0 Å². The molecule has 0 heterocycles. The molecule has 0 spiro atoms. The van der Waals surface area contributed by atoms with Crippen molar-refractivity contribution in [1.82, 2.24) is 10.6 Å². The highest BCUT2D eigenvalue weighted by molar-refractivity contribution is 5.76. The molecule has 0 bridgehead atoms. The Kier molecular flexibility index (Phi) is 7.34. The van der Waals surface area contributed by atoms with Gasteiger partial charge in [-0.05, 0) is 40.2 Å². The topological polar surface area (TPSA) is 61.4 Å². The molecule has 4 heteroatoms. The van der Waals surface area contributed by atoms with Crippen LogP contribution in [-0.2, 0) is 4.79 Å². The SMILES string of the molecule is CC(C)(C)NCCCCCNC(=O)CO. The Bertz CT molecular complexity index is 176. The highest BCUT2D eigenvalue weighted by Gasteiger charge is 2.06. The molecule has 0 fully saturated rings. The first-order chi connectivity index (χ1) is 6.95. The van der Waals surface area contributed by atoms with Crippen LogP contribution in [0.25, 0.3) is 0 Å². The molecule has 0 radical (unpaired) electrons. The zero-order chi connectivity index (χ0) is 11.7. The molecule has 15 heavy (non-hydrogen) atoms. The maximum absolute atomic E-state index is 10.7. The minimum atomic E-state index is -0.411. The minimum Gasteiger partial charge on any atom is -0.387 e. The second-order valence-corrected chi connectivity index (χ2v) is 4.75. The smallest absolute Gasteiger partial charge is 0.245 e. The summed E-state index contributed by atoms with van der Waals surface area (Å²) in [5.74, 6) is -0.289. The van der Waals surface area contributed by atoms with E-state index in [0.717, 1.165) is 25.8 Å². The molecule has 1 amide bonds. The summed E-state index contributed by atoms with van der Waals surface area (Å²) in [7, 11) is 0. The highest BCUT2D eigenvalue weighted by atomic mass is 16.3. The first kappa shape index (κ1) is 14.4. The van der Waals surface area contributed by atoms with E-state index in [0.29, 0.717) is 6.54 Å². The molecular weight excluding hydrogens is 192 g/mol. The van der Waals surface area contributed by atoms with Gasteiger partial charge in [-0.3, -0.25) is 4.79 Å². The number of unbranched alkanes of at least 4 members (excludes halogenated alkanes) is 2. The predicted molar refractivity (Wildman–Crippen MR) is 61.7 cm³/mol. The zero-order valence-corrected chi connectivity index (χ0v) is 10.1. The number of amides is 1. The van der Waals surface area contributed by atoms with Gasteiger partial charge in [0.2, 0.25) is 5.91 Å². The monoisotopic (exact) mass is 216 g/mol. The van der Waals surface area contributed by atoms with E-state index in [1.54, 1.807) is 0 Å². The highest BCUT2D eigenvalue weighted by Crippen LogP contribution is 2.00. The molecule has 0 aromatic carbocycles. The van der Waals surface area contributed by atoms with Crippen LogP contribution in [0.2, 0.25) is 0 Å². The Hall–Kier alpha value is -0.610. The van der Waals surface area contributed by atoms with Crippen molar-refractivity contribution in [2.75, 3.05) is 19.7 Å². The van der Waals surface area contributed by atoms with E-state index in [4.69, 9.17) is 5.11 Å². The van der Waals surface area contributed by atoms with E-state index in [9.17, 15) is 4.79 Å². The van der Waals surface area contributed by atoms with Gasteiger partial charge in [0.25, 0.3) is 0 Å². The minimum absolute atomic E-state index is 0.186. The second-order valence-electron chi connectivity index (χ2n) is 4.75. The van der Waals surface area contributed by atoms with Gasteiger partial charge in [0.1, 0.15) is 6.61 Å². The van der Waals surface area contributed by atoms with Gasteiger partial charge >= 0.3 is 0 Å². The average molecular weight is 216 g/mol. The van der Waals surface area contributed by atoms with Crippen LogP contribution in [0.15, 0.2) is 0 Å². The lowest BCUT2D eigenvalue weighted by molar-refractivity contribution is -0.123. The van der Waals surface area contributed by atoms with Gasteiger partial charge in [0, 0.05) is 12.1 Å². The lowest BCUT2D eigenvalue weighted by Gasteiger charge is -2.20. The number of hydrogen-bond acceptors (Lipinski definition) is 3. The summed E-state index contributed by atoms with van der Waals surface area (Å²) in [6, 6.07) is 0. The third kappa shape index (κ3) is 11.3. The van der Waals surface area contributed by atoms with Gasteiger partial charge in [-0.1, -0.05) is 6.42 Å². The standard InChI is InChI=1S/C11H24N2O2/c1-11(2,3)13-8-6-4-5-7-12-10(15)9-14/h13-14H,4-9H2,1-3H3,(H,12,15). The molecule has 0 aliphatic rings. The van der Waals surface area contributed by atoms with Crippen LogP contribution in [-0.4, -0.2) is 36.2 Å². The van der Waals surface area contributed by atoms with E-state index in [1.807, 2.05) is 0 Å². The van der Waals surface area contributed by atoms with Gasteiger partial charge in [-0.25, -0.2) is 0 Å². The van der Waals surface area contributed by atoms with E-state index in [-0.39, 0.29) is 11.4 Å². The summed E-state index contributed by atoms with van der Waals surface area (Å²) in [4.78, 5) is 10.7. The maximum atomic E-state index is 10.7. The fourth-order valence-corrected chi connectivity index (χ4v) is 1.17. The molecule has 0 aromatic heterocycles. The number of carbonyl (C=O) groups excluding carboxylic acids is 1. The normalized spacial score (nSPS) is 11.5. The zero-order valence-electron chi connectivity index (χ0n) is 10.1. The quantitative estimate of drug-likeness (QED) is 0.548. The largest absolute Gasteiger partial charge is 0.387 e. The molecule has 0 unspecified atom stereocenters. The van der Waals surface area contributed by atoms with E-state index >= 15 is 0 Å². The van der Waals surface area contributed by atoms with Crippen LogP contribution in [0, 0.1) is 0 Å². The van der Waals surface area contributed by atoms with Gasteiger partial charge in [0.15, 0.2) is 0 Å². The van der Waals surface area contributed by atoms with Crippen molar-refractivity contribution in [3.05, 3.63) is 0 Å². The molecular formula is C11H24N2O2. The third-order valence-corrected chi connectivity index (χ3v) is 1.97. The molecule has 0 saturated heterocycles. The van der Waals surface area contributed by atoms with Crippen molar-refractivity contribution in [2.45, 2.75) is 45.6 Å². The molecule has 3 N–H and O–H groups in total. The summed E-state index contributed by atoms with van der Waals surface area (Å²) < 4.78 is 0. The number of rotatable bonds is 7. The summed E-state index contributed by atoms with van der Waals surface area (Å²) in [6.07, 6.45) is 3.18. The summed E-state index contributed by atoms with van der Waals surface area (Å²) in [5, 5.41) is 14.5. The van der Waals surface area contributed by atoms with Gasteiger partial charge in [-0.2, -0.15) is 0 Å². The van der Waals surface area contributed by atoms with Crippen LogP contribution in [0.3, 0.4) is 0 Å². The van der Waals surface area contributed by atoms with E-state index < -0.39 is 6.61 Å². The number of nitrogens with one attached hydrogen (secondary N) is 2. The number of hydrogen-bond donors (Lipinski definition) is 3. The van der Waals surface area contributed by atoms with E-state index in [2.05, 4.69) is 31.4 Å². The lowest BCUT2D eigenvalue weighted by Crippen LogP contribution is -2.36. The number of aliphatic hydroxyl groups excluding tert-OH is 1. The molecule has 0 aliphatic carbocycles. The van der Waals surface area contributed by atoms with Crippen LogP contribution in [0.4, 0.5) is 0 Å². The van der Waals surface area contributed by atoms with Crippen molar-refractivity contribution >= 4 is 5.91 Å². The number of aliphatic hydroxyl groups is 1. The predicted octanol–water partition coefficient (Wildman–Crippen LogP) is 0.653. The second kappa shape index (κ2) is 7.65. The van der Waals surface area contributed by atoms with Crippen molar-refractivity contribution in [2.24, 2.45) is 0 Å². The fourth-order valence-electron chi connectivity index (χ4n) is 1.17. The van der Waals surface area contributed by atoms with Crippen molar-refractivity contribution in [3.63, 3.8) is 0 Å². The molecule has 90 valence electrons. The third-order valence-electron chi connectivity index (χ3n) is 1.97. The molecule has 0 atom stereocenters. The van der Waals surface area contributed by atoms with Crippen LogP contribution < -0.4 is 10.6 Å². The average Bonchev–Trinajstić information content (AvgIpc) is 2.14. The Labute approximate surface area is 92.4 Å². The molecule has 0 aliphatic heterocycles. The van der Waals surface area contributed by atoms with Gasteiger partial charge in [-0.15, -0.1) is 0 Å². The van der Waals surface area contributed by atoms with Gasteiger partial charge in [0.05, 0.1) is 0 Å². The Morgan fingerprint density at radius 3 is 2.27 bits per heavy atom. The first-order valence-corrected chi connectivity index (χ1v) is 5.58. The van der Waals surface area contributed by atoms with E-state index in [1.165, 1.54) is 0 Å². The summed E-state index contributed by atoms with van der Waals surface area (Å²) in [6.45, 7) is 7.70. The Morgan fingerprint density at radius 2 is 1.73 bits per heavy atom. The molecule has 0 aromatic rings. The van der Waals surface area contributed by atoms with Crippen molar-refractivity contribution < 1.29 is 9.90 Å². The van der Waals surface area contributed by atoms with Crippen molar-refractivity contribution in [1.29, 1.82) is 0 Å².